The van der Waals surface area contributed by atoms with E-state index < -0.39 is 0 Å². The molecule has 0 aromatic heterocycles. The lowest BCUT2D eigenvalue weighted by molar-refractivity contribution is -0.384. The Kier molecular flexibility index (Phi) is 2.48. The third kappa shape index (κ3) is 1.72. The number of anilines is 2. The summed E-state index contributed by atoms with van der Waals surface area (Å²) in [6.07, 6.45) is 0.853. The van der Waals surface area contributed by atoms with Crippen molar-refractivity contribution in [1.29, 1.82) is 0 Å². The van der Waals surface area contributed by atoms with E-state index in [1.165, 1.54) is 0 Å². The maximum absolute atomic E-state index is 10.7. The first kappa shape index (κ1) is 10.8. The fourth-order valence-electron chi connectivity index (χ4n) is 2.38. The number of hydrogen-bond acceptors (Lipinski definition) is 3. The molecule has 2 aromatic carbocycles. The van der Waals surface area contributed by atoms with Gasteiger partial charge in [0.2, 0.25) is 0 Å². The van der Waals surface area contributed by atoms with E-state index in [-0.39, 0.29) is 10.6 Å². The van der Waals surface area contributed by atoms with Crippen LogP contribution in [0.25, 0.3) is 0 Å². The van der Waals surface area contributed by atoms with Gasteiger partial charge >= 0.3 is 0 Å². The smallest absolute Gasteiger partial charge is 0.269 e. The molecule has 0 aliphatic carbocycles. The normalized spacial score (nSPS) is 13.4. The minimum Gasteiger partial charge on any atom is -0.341 e. The lowest BCUT2D eigenvalue weighted by Gasteiger charge is -2.19. The number of benzene rings is 2. The number of nitrogens with zero attached hydrogens (tertiary/aromatic N) is 2. The fraction of sp³-hybridized carbons (Fsp3) is 0.143. The van der Waals surface area contributed by atoms with E-state index in [0.717, 1.165) is 29.9 Å². The third-order valence-corrected chi connectivity index (χ3v) is 3.24. The summed E-state index contributed by atoms with van der Waals surface area (Å²) in [5.74, 6) is 0. The molecule has 4 nitrogen and oxygen atoms in total. The highest BCUT2D eigenvalue weighted by Gasteiger charge is 2.22. The summed E-state index contributed by atoms with van der Waals surface area (Å²) >= 11 is 0. The van der Waals surface area contributed by atoms with Crippen LogP contribution in [0, 0.1) is 10.1 Å². The molecule has 0 spiro atoms. The van der Waals surface area contributed by atoms with Crippen LogP contribution in [0.3, 0.4) is 0 Å². The molecule has 18 heavy (non-hydrogen) atoms. The standard InChI is InChI=1S/C14H12N2O2/c17-16(18)13-6-7-14-11(10-13)8-9-15(14)12-4-2-1-3-5-12/h1-7,10H,8-9H2. The molecule has 90 valence electrons. The first-order valence-electron chi connectivity index (χ1n) is 5.85. The van der Waals surface area contributed by atoms with Crippen molar-refractivity contribution in [2.75, 3.05) is 11.4 Å². The highest BCUT2D eigenvalue weighted by Crippen LogP contribution is 2.36. The Morgan fingerprint density at radius 3 is 2.61 bits per heavy atom. The van der Waals surface area contributed by atoms with E-state index in [9.17, 15) is 10.1 Å². The summed E-state index contributed by atoms with van der Waals surface area (Å²) in [4.78, 5) is 12.6. The van der Waals surface area contributed by atoms with Gasteiger partial charge in [0.1, 0.15) is 0 Å². The zero-order chi connectivity index (χ0) is 12.5. The van der Waals surface area contributed by atoms with Gasteiger partial charge in [-0.15, -0.1) is 0 Å². The van der Waals surface area contributed by atoms with Gasteiger partial charge in [0.15, 0.2) is 0 Å². The van der Waals surface area contributed by atoms with Crippen LogP contribution in [-0.4, -0.2) is 11.5 Å². The van der Waals surface area contributed by atoms with Crippen molar-refractivity contribution in [2.45, 2.75) is 6.42 Å². The number of rotatable bonds is 2. The molecule has 1 aliphatic rings. The van der Waals surface area contributed by atoms with Gasteiger partial charge in [-0.1, -0.05) is 18.2 Å². The molecule has 0 atom stereocenters. The second kappa shape index (κ2) is 4.14. The first-order chi connectivity index (χ1) is 8.75. The molecule has 0 bridgehead atoms. The van der Waals surface area contributed by atoms with Crippen molar-refractivity contribution in [3.05, 3.63) is 64.2 Å². The van der Waals surface area contributed by atoms with Gasteiger partial charge in [-0.25, -0.2) is 0 Å². The molecule has 2 aromatic rings. The van der Waals surface area contributed by atoms with Crippen molar-refractivity contribution in [1.82, 2.24) is 0 Å². The Morgan fingerprint density at radius 2 is 1.89 bits per heavy atom. The molecule has 0 radical (unpaired) electrons. The fourth-order valence-corrected chi connectivity index (χ4v) is 2.38. The molecular weight excluding hydrogens is 228 g/mol. The first-order valence-corrected chi connectivity index (χ1v) is 5.85. The van der Waals surface area contributed by atoms with Gasteiger partial charge in [0.25, 0.3) is 5.69 Å². The van der Waals surface area contributed by atoms with E-state index >= 15 is 0 Å². The highest BCUT2D eigenvalue weighted by atomic mass is 16.6. The topological polar surface area (TPSA) is 46.4 Å². The van der Waals surface area contributed by atoms with Gasteiger partial charge in [0, 0.05) is 30.1 Å². The van der Waals surface area contributed by atoms with E-state index in [1.807, 2.05) is 24.3 Å². The number of para-hydroxylation sites is 1. The van der Waals surface area contributed by atoms with Crippen molar-refractivity contribution >= 4 is 17.1 Å². The Balaban J connectivity index is 2.00. The summed E-state index contributed by atoms with van der Waals surface area (Å²) < 4.78 is 0. The van der Waals surface area contributed by atoms with E-state index in [0.29, 0.717) is 0 Å². The molecule has 1 aliphatic heterocycles. The van der Waals surface area contributed by atoms with Crippen LogP contribution in [0.2, 0.25) is 0 Å². The van der Waals surface area contributed by atoms with Crippen molar-refractivity contribution < 1.29 is 4.92 Å². The number of nitro benzene ring substituents is 1. The van der Waals surface area contributed by atoms with Crippen molar-refractivity contribution in [2.24, 2.45) is 0 Å². The Bertz CT molecular complexity index is 596. The molecule has 4 heteroatoms. The zero-order valence-corrected chi connectivity index (χ0v) is 9.74. The average molecular weight is 240 g/mol. The second-order valence-corrected chi connectivity index (χ2v) is 4.31. The number of nitro groups is 1. The molecule has 1 heterocycles. The average Bonchev–Trinajstić information content (AvgIpc) is 2.82. The molecule has 0 N–H and O–H groups in total. The third-order valence-electron chi connectivity index (χ3n) is 3.24. The largest absolute Gasteiger partial charge is 0.341 e. The summed E-state index contributed by atoms with van der Waals surface area (Å²) in [6.45, 7) is 0.876. The van der Waals surface area contributed by atoms with Crippen LogP contribution in [0.5, 0.6) is 0 Å². The van der Waals surface area contributed by atoms with Crippen molar-refractivity contribution in [3.8, 4) is 0 Å². The minimum absolute atomic E-state index is 0.170. The predicted molar refractivity (Wildman–Crippen MR) is 70.2 cm³/mol. The van der Waals surface area contributed by atoms with Gasteiger partial charge in [-0.05, 0) is 30.2 Å². The Morgan fingerprint density at radius 1 is 1.11 bits per heavy atom. The molecule has 3 rings (SSSR count). The number of non-ortho nitro benzene ring substituents is 1. The van der Waals surface area contributed by atoms with E-state index in [1.54, 1.807) is 12.1 Å². The quantitative estimate of drug-likeness (QED) is 0.597. The molecule has 0 saturated heterocycles. The molecule has 0 fully saturated rings. The monoisotopic (exact) mass is 240 g/mol. The minimum atomic E-state index is -0.342. The summed E-state index contributed by atoms with van der Waals surface area (Å²) in [5, 5.41) is 10.7. The SMILES string of the molecule is O=[N+]([O-])c1ccc2c(c1)CCN2c1ccccc1. The maximum atomic E-state index is 10.7. The van der Waals surface area contributed by atoms with Crippen LogP contribution in [0.4, 0.5) is 17.1 Å². The van der Waals surface area contributed by atoms with Crippen LogP contribution in [-0.2, 0) is 6.42 Å². The maximum Gasteiger partial charge on any atom is 0.269 e. The molecule has 0 amide bonds. The summed E-state index contributed by atoms with van der Waals surface area (Å²) in [7, 11) is 0. The van der Waals surface area contributed by atoms with Crippen LogP contribution in [0.15, 0.2) is 48.5 Å². The zero-order valence-electron chi connectivity index (χ0n) is 9.74. The van der Waals surface area contributed by atoms with E-state index in [2.05, 4.69) is 17.0 Å². The lowest BCUT2D eigenvalue weighted by atomic mass is 10.1. The number of hydrogen-bond donors (Lipinski definition) is 0. The van der Waals surface area contributed by atoms with Crippen LogP contribution < -0.4 is 4.90 Å². The highest BCUT2D eigenvalue weighted by molar-refractivity contribution is 5.71. The summed E-state index contributed by atoms with van der Waals surface area (Å²) in [6, 6.07) is 15.2. The van der Waals surface area contributed by atoms with Crippen LogP contribution in [0.1, 0.15) is 5.56 Å². The number of fused-ring (bicyclic) bond motifs is 1. The predicted octanol–water partition coefficient (Wildman–Crippen LogP) is 3.29. The second-order valence-electron chi connectivity index (χ2n) is 4.31. The lowest BCUT2D eigenvalue weighted by Crippen LogP contribution is -2.12. The van der Waals surface area contributed by atoms with Crippen LogP contribution >= 0.6 is 0 Å². The van der Waals surface area contributed by atoms with Gasteiger partial charge < -0.3 is 4.90 Å². The Hall–Kier alpha value is -2.36. The van der Waals surface area contributed by atoms with Gasteiger partial charge in [-0.2, -0.15) is 0 Å². The van der Waals surface area contributed by atoms with E-state index in [4.69, 9.17) is 0 Å². The summed E-state index contributed by atoms with van der Waals surface area (Å²) in [5.41, 5.74) is 3.42. The molecule has 0 unspecified atom stereocenters. The van der Waals surface area contributed by atoms with Crippen molar-refractivity contribution in [3.63, 3.8) is 0 Å². The molecular formula is C14H12N2O2. The Labute approximate surface area is 105 Å². The van der Waals surface area contributed by atoms with Gasteiger partial charge in [0.05, 0.1) is 4.92 Å². The molecule has 0 saturated carbocycles. The van der Waals surface area contributed by atoms with Gasteiger partial charge in [-0.3, -0.25) is 10.1 Å².